The van der Waals surface area contributed by atoms with Crippen molar-refractivity contribution in [2.45, 2.75) is 25.0 Å². The number of fused-ring (bicyclic) bond motifs is 1. The van der Waals surface area contributed by atoms with E-state index in [9.17, 15) is 9.90 Å². The lowest BCUT2D eigenvalue weighted by Crippen LogP contribution is -2.45. The lowest BCUT2D eigenvalue weighted by Gasteiger charge is -2.35. The fourth-order valence-corrected chi connectivity index (χ4v) is 3.54. The second-order valence-electron chi connectivity index (χ2n) is 6.96. The third-order valence-corrected chi connectivity index (χ3v) is 4.87. The summed E-state index contributed by atoms with van der Waals surface area (Å²) in [5.74, 6) is -0.0649. The second kappa shape index (κ2) is 7.38. The van der Waals surface area contributed by atoms with Crippen molar-refractivity contribution < 1.29 is 9.90 Å². The molecule has 0 aliphatic carbocycles. The Morgan fingerprint density at radius 1 is 1.04 bits per heavy atom. The smallest absolute Gasteiger partial charge is 0.256 e. The summed E-state index contributed by atoms with van der Waals surface area (Å²) < 4.78 is 0. The first kappa shape index (κ1) is 17.6. The summed E-state index contributed by atoms with van der Waals surface area (Å²) in [6.07, 6.45) is 2.06. The molecule has 132 valence electrons. The maximum atomic E-state index is 12.9. The monoisotopic (exact) mass is 338 g/mol. The fourth-order valence-electron chi connectivity index (χ4n) is 3.54. The Balaban J connectivity index is 1.83. The molecule has 3 rings (SSSR count). The van der Waals surface area contributed by atoms with E-state index in [0.717, 1.165) is 24.9 Å². The fraction of sp³-hybridized carbons (Fsp3) is 0.381. The normalized spacial score (nSPS) is 19.5. The number of aliphatic hydroxyl groups is 1. The first-order valence-electron chi connectivity index (χ1n) is 8.85. The van der Waals surface area contributed by atoms with Crippen LogP contribution in [0.15, 0.2) is 54.6 Å². The molecule has 1 aliphatic rings. The minimum Gasteiger partial charge on any atom is -0.367 e. The number of amides is 1. The number of rotatable bonds is 7. The molecular weight excluding hydrogens is 312 g/mol. The molecule has 0 radical (unpaired) electrons. The summed E-state index contributed by atoms with van der Waals surface area (Å²) >= 11 is 0. The predicted octanol–water partition coefficient (Wildman–Crippen LogP) is 2.87. The van der Waals surface area contributed by atoms with E-state index in [1.807, 2.05) is 56.6 Å². The molecule has 1 atom stereocenters. The zero-order chi connectivity index (χ0) is 17.9. The standard InChI is InChI=1S/C21H26N2O2/c1-22(2)15-8-16-23-20(24)18-11-6-7-12-19(18)21(23,25)14-13-17-9-4-3-5-10-17/h3-7,9-12,25H,8,13-16H2,1-2H3. The third kappa shape index (κ3) is 3.60. The van der Waals surface area contributed by atoms with Crippen LogP contribution in [0.1, 0.15) is 34.3 Å². The van der Waals surface area contributed by atoms with Gasteiger partial charge in [0.1, 0.15) is 0 Å². The van der Waals surface area contributed by atoms with E-state index in [2.05, 4.69) is 17.0 Å². The van der Waals surface area contributed by atoms with Crippen molar-refractivity contribution in [1.29, 1.82) is 0 Å². The molecule has 0 spiro atoms. The van der Waals surface area contributed by atoms with E-state index in [1.165, 1.54) is 5.56 Å². The summed E-state index contributed by atoms with van der Waals surface area (Å²) in [7, 11) is 4.03. The molecule has 4 nitrogen and oxygen atoms in total. The zero-order valence-electron chi connectivity index (χ0n) is 15.0. The number of carbonyl (C=O) groups excluding carboxylic acids is 1. The summed E-state index contributed by atoms with van der Waals surface area (Å²) in [6, 6.07) is 17.6. The van der Waals surface area contributed by atoms with Crippen molar-refractivity contribution in [2.24, 2.45) is 0 Å². The Bertz CT molecular complexity index is 730. The van der Waals surface area contributed by atoms with Gasteiger partial charge in [0.25, 0.3) is 5.91 Å². The highest BCUT2D eigenvalue weighted by atomic mass is 16.3. The van der Waals surface area contributed by atoms with Gasteiger partial charge < -0.3 is 14.9 Å². The van der Waals surface area contributed by atoms with Crippen molar-refractivity contribution in [3.8, 4) is 0 Å². The molecule has 0 aromatic heterocycles. The van der Waals surface area contributed by atoms with E-state index in [0.29, 0.717) is 18.5 Å². The van der Waals surface area contributed by atoms with E-state index in [4.69, 9.17) is 0 Å². The van der Waals surface area contributed by atoms with Crippen molar-refractivity contribution in [3.05, 3.63) is 71.3 Å². The highest BCUT2D eigenvalue weighted by Crippen LogP contribution is 2.40. The van der Waals surface area contributed by atoms with Crippen LogP contribution >= 0.6 is 0 Å². The minimum absolute atomic E-state index is 0.0649. The largest absolute Gasteiger partial charge is 0.367 e. The van der Waals surface area contributed by atoms with E-state index < -0.39 is 5.72 Å². The Morgan fingerprint density at radius 2 is 1.72 bits per heavy atom. The molecule has 1 aliphatic heterocycles. The van der Waals surface area contributed by atoms with Crippen LogP contribution in [0, 0.1) is 0 Å². The van der Waals surface area contributed by atoms with Gasteiger partial charge in [-0.05, 0) is 45.1 Å². The molecule has 0 bridgehead atoms. The topological polar surface area (TPSA) is 43.8 Å². The van der Waals surface area contributed by atoms with Crippen LogP contribution in [-0.4, -0.2) is 48.0 Å². The third-order valence-electron chi connectivity index (χ3n) is 4.87. The highest BCUT2D eigenvalue weighted by Gasteiger charge is 2.47. The first-order chi connectivity index (χ1) is 12.0. The summed E-state index contributed by atoms with van der Waals surface area (Å²) in [5, 5.41) is 11.5. The van der Waals surface area contributed by atoms with Crippen LogP contribution in [0.25, 0.3) is 0 Å². The molecular formula is C21H26N2O2. The van der Waals surface area contributed by atoms with Crippen molar-refractivity contribution >= 4 is 5.91 Å². The maximum Gasteiger partial charge on any atom is 0.256 e. The zero-order valence-corrected chi connectivity index (χ0v) is 15.0. The van der Waals surface area contributed by atoms with Gasteiger partial charge in [-0.25, -0.2) is 0 Å². The predicted molar refractivity (Wildman–Crippen MR) is 99.3 cm³/mol. The van der Waals surface area contributed by atoms with Gasteiger partial charge in [-0.1, -0.05) is 48.5 Å². The van der Waals surface area contributed by atoms with Gasteiger partial charge in [-0.3, -0.25) is 4.79 Å². The van der Waals surface area contributed by atoms with Gasteiger partial charge in [0.2, 0.25) is 0 Å². The summed E-state index contributed by atoms with van der Waals surface area (Å²) in [5.41, 5.74) is 1.31. The average molecular weight is 338 g/mol. The molecule has 1 unspecified atom stereocenters. The number of aryl methyl sites for hydroxylation is 1. The van der Waals surface area contributed by atoms with Crippen LogP contribution in [0.3, 0.4) is 0 Å². The first-order valence-corrected chi connectivity index (χ1v) is 8.85. The van der Waals surface area contributed by atoms with Gasteiger partial charge in [0, 0.05) is 24.1 Å². The van der Waals surface area contributed by atoms with Crippen LogP contribution < -0.4 is 0 Å². The van der Waals surface area contributed by atoms with Crippen molar-refractivity contribution in [3.63, 3.8) is 0 Å². The molecule has 2 aromatic rings. The highest BCUT2D eigenvalue weighted by molar-refractivity contribution is 5.99. The van der Waals surface area contributed by atoms with Gasteiger partial charge in [0.05, 0.1) is 0 Å². The molecule has 1 N–H and O–H groups in total. The van der Waals surface area contributed by atoms with Crippen molar-refractivity contribution in [2.75, 3.05) is 27.2 Å². The van der Waals surface area contributed by atoms with Crippen LogP contribution in [0.5, 0.6) is 0 Å². The molecule has 1 amide bonds. The quantitative estimate of drug-likeness (QED) is 0.844. The molecule has 2 aromatic carbocycles. The Labute approximate surface area is 149 Å². The average Bonchev–Trinajstić information content (AvgIpc) is 2.83. The van der Waals surface area contributed by atoms with Crippen molar-refractivity contribution in [1.82, 2.24) is 9.80 Å². The molecule has 0 fully saturated rings. The molecule has 1 heterocycles. The Kier molecular flexibility index (Phi) is 5.21. The summed E-state index contributed by atoms with van der Waals surface area (Å²) in [4.78, 5) is 16.6. The van der Waals surface area contributed by atoms with Crippen LogP contribution in [-0.2, 0) is 12.1 Å². The second-order valence-corrected chi connectivity index (χ2v) is 6.96. The van der Waals surface area contributed by atoms with Crippen LogP contribution in [0.4, 0.5) is 0 Å². The number of hydrogen-bond donors (Lipinski definition) is 1. The van der Waals surface area contributed by atoms with Crippen LogP contribution in [0.2, 0.25) is 0 Å². The lowest BCUT2D eigenvalue weighted by molar-refractivity contribution is -0.0906. The number of carbonyl (C=O) groups is 1. The van der Waals surface area contributed by atoms with Gasteiger partial charge >= 0.3 is 0 Å². The molecule has 4 heteroatoms. The number of benzene rings is 2. The molecule has 0 saturated heterocycles. The molecule has 0 saturated carbocycles. The lowest BCUT2D eigenvalue weighted by atomic mass is 9.94. The Morgan fingerprint density at radius 3 is 2.44 bits per heavy atom. The number of hydrogen-bond acceptors (Lipinski definition) is 3. The Hall–Kier alpha value is -2.17. The van der Waals surface area contributed by atoms with Gasteiger partial charge in [-0.15, -0.1) is 0 Å². The van der Waals surface area contributed by atoms with Gasteiger partial charge in [0.15, 0.2) is 5.72 Å². The van der Waals surface area contributed by atoms with E-state index >= 15 is 0 Å². The molecule has 25 heavy (non-hydrogen) atoms. The number of nitrogens with zero attached hydrogens (tertiary/aromatic N) is 2. The summed E-state index contributed by atoms with van der Waals surface area (Å²) in [6.45, 7) is 1.44. The SMILES string of the molecule is CN(C)CCCN1C(=O)c2ccccc2C1(O)CCc1ccccc1. The maximum absolute atomic E-state index is 12.9. The van der Waals surface area contributed by atoms with E-state index in [-0.39, 0.29) is 5.91 Å². The van der Waals surface area contributed by atoms with Gasteiger partial charge in [-0.2, -0.15) is 0 Å². The minimum atomic E-state index is -1.23. The van der Waals surface area contributed by atoms with E-state index in [1.54, 1.807) is 4.90 Å².